The lowest BCUT2D eigenvalue weighted by Gasteiger charge is -2.38. The van der Waals surface area contributed by atoms with Crippen LogP contribution in [0.25, 0.3) is 11.0 Å². The summed E-state index contributed by atoms with van der Waals surface area (Å²) in [7, 11) is 1.56. The molecule has 1 aliphatic rings. The van der Waals surface area contributed by atoms with E-state index in [1.807, 2.05) is 30.3 Å². The number of ether oxygens (including phenoxy) is 1. The number of aliphatic hydroxyl groups is 1. The fourth-order valence-corrected chi connectivity index (χ4v) is 5.12. The minimum atomic E-state index is -0.878. The number of para-hydroxylation sites is 2. The van der Waals surface area contributed by atoms with Gasteiger partial charge in [0, 0.05) is 29.9 Å². The molecule has 4 aromatic rings. The van der Waals surface area contributed by atoms with Crippen LogP contribution in [0.15, 0.2) is 70.5 Å². The third kappa shape index (κ3) is 4.53. The van der Waals surface area contributed by atoms with Crippen LogP contribution in [0.3, 0.4) is 0 Å². The molecule has 2 aromatic carbocycles. The van der Waals surface area contributed by atoms with E-state index in [1.165, 1.54) is 4.88 Å². The van der Waals surface area contributed by atoms with Crippen LogP contribution in [-0.4, -0.2) is 36.1 Å². The van der Waals surface area contributed by atoms with Gasteiger partial charge in [-0.15, -0.1) is 11.3 Å². The quantitative estimate of drug-likeness (QED) is 0.410. The summed E-state index contributed by atoms with van der Waals surface area (Å²) in [4.78, 5) is 16.5. The van der Waals surface area contributed by atoms with Gasteiger partial charge in [-0.2, -0.15) is 0 Å². The number of nitrogens with one attached hydrogen (secondary N) is 1. The average Bonchev–Trinajstić information content (AvgIpc) is 3.50. The lowest BCUT2D eigenvalue weighted by molar-refractivity contribution is -0.0274. The van der Waals surface area contributed by atoms with Crippen LogP contribution in [0.1, 0.15) is 33.8 Å². The zero-order chi connectivity index (χ0) is 22.8. The summed E-state index contributed by atoms with van der Waals surface area (Å²) in [5.74, 6) is 0.445. The Labute approximate surface area is 196 Å². The van der Waals surface area contributed by atoms with E-state index < -0.39 is 5.60 Å². The molecule has 7 heteroatoms. The molecule has 0 aliphatic carbocycles. The highest BCUT2D eigenvalue weighted by Crippen LogP contribution is 2.36. The van der Waals surface area contributed by atoms with E-state index in [0.29, 0.717) is 29.9 Å². The number of methoxy groups -OCH3 is 1. The highest BCUT2D eigenvalue weighted by Gasteiger charge is 2.34. The molecule has 0 atom stereocenters. The zero-order valence-corrected chi connectivity index (χ0v) is 19.2. The van der Waals surface area contributed by atoms with Crippen molar-refractivity contribution in [3.05, 3.63) is 82.2 Å². The van der Waals surface area contributed by atoms with E-state index in [2.05, 4.69) is 27.7 Å². The van der Waals surface area contributed by atoms with E-state index in [1.54, 1.807) is 36.6 Å². The van der Waals surface area contributed by atoms with Gasteiger partial charge in [-0.1, -0.05) is 24.3 Å². The van der Waals surface area contributed by atoms with Crippen LogP contribution >= 0.6 is 11.3 Å². The number of nitrogens with zero attached hydrogens (tertiary/aromatic N) is 1. The van der Waals surface area contributed by atoms with Crippen molar-refractivity contribution in [1.29, 1.82) is 0 Å². The van der Waals surface area contributed by atoms with E-state index in [9.17, 15) is 9.90 Å². The summed E-state index contributed by atoms with van der Waals surface area (Å²) in [5, 5.41) is 17.1. The first-order valence-electron chi connectivity index (χ1n) is 11.0. The average molecular weight is 463 g/mol. The summed E-state index contributed by atoms with van der Waals surface area (Å²) in [6.45, 7) is 2.61. The molecule has 1 amide bonds. The van der Waals surface area contributed by atoms with Gasteiger partial charge in [-0.3, -0.25) is 9.69 Å². The van der Waals surface area contributed by atoms with Gasteiger partial charge < -0.3 is 19.6 Å². The first kappa shape index (κ1) is 21.7. The van der Waals surface area contributed by atoms with Gasteiger partial charge in [0.25, 0.3) is 5.91 Å². The number of thiophene rings is 1. The predicted molar refractivity (Wildman–Crippen MR) is 130 cm³/mol. The minimum absolute atomic E-state index is 0.214. The molecule has 1 aliphatic heterocycles. The Bertz CT molecular complexity index is 1260. The molecule has 3 heterocycles. The highest BCUT2D eigenvalue weighted by atomic mass is 32.1. The lowest BCUT2D eigenvalue weighted by atomic mass is 9.84. The van der Waals surface area contributed by atoms with Gasteiger partial charge in [-0.25, -0.2) is 0 Å². The molecule has 0 spiro atoms. The third-order valence-corrected chi connectivity index (χ3v) is 7.14. The molecule has 33 heavy (non-hydrogen) atoms. The molecule has 0 radical (unpaired) electrons. The number of amides is 1. The van der Waals surface area contributed by atoms with E-state index in [0.717, 1.165) is 30.6 Å². The second kappa shape index (κ2) is 9.02. The number of rotatable bonds is 6. The van der Waals surface area contributed by atoms with Gasteiger partial charge >= 0.3 is 0 Å². The molecule has 5 rings (SSSR count). The van der Waals surface area contributed by atoms with E-state index >= 15 is 0 Å². The third-order valence-electron chi connectivity index (χ3n) is 6.28. The van der Waals surface area contributed by atoms with Crippen LogP contribution in [0, 0.1) is 0 Å². The molecular weight excluding hydrogens is 436 g/mol. The first-order valence-corrected chi connectivity index (χ1v) is 11.9. The Kier molecular flexibility index (Phi) is 5.93. The summed E-state index contributed by atoms with van der Waals surface area (Å²) in [6.07, 6.45) is 1.34. The van der Waals surface area contributed by atoms with Crippen molar-refractivity contribution in [3.63, 3.8) is 0 Å². The molecule has 170 valence electrons. The van der Waals surface area contributed by atoms with Gasteiger partial charge in [0.1, 0.15) is 11.3 Å². The van der Waals surface area contributed by atoms with Gasteiger partial charge in [0.15, 0.2) is 5.76 Å². The molecule has 0 unspecified atom stereocenters. The molecule has 0 bridgehead atoms. The second-order valence-electron chi connectivity index (χ2n) is 8.40. The normalized spacial score (nSPS) is 16.1. The van der Waals surface area contributed by atoms with Crippen molar-refractivity contribution in [2.75, 3.05) is 25.5 Å². The van der Waals surface area contributed by atoms with Gasteiger partial charge in [0.2, 0.25) is 0 Å². The maximum atomic E-state index is 12.8. The van der Waals surface area contributed by atoms with Crippen molar-refractivity contribution in [1.82, 2.24) is 4.90 Å². The number of hydrogen-bond acceptors (Lipinski definition) is 6. The number of carbonyl (C=O) groups excluding carboxylic acids is 1. The highest BCUT2D eigenvalue weighted by molar-refractivity contribution is 7.09. The topological polar surface area (TPSA) is 74.9 Å². The predicted octanol–water partition coefficient (Wildman–Crippen LogP) is 5.24. The molecule has 0 saturated carbocycles. The van der Waals surface area contributed by atoms with Crippen molar-refractivity contribution in [2.45, 2.75) is 25.0 Å². The molecule has 1 fully saturated rings. The standard InChI is InChI=1S/C26H26N2O4S/c1-31-23-7-3-2-6-21(23)27-25(29)24-16-18-15-19(8-9-22(18)32-24)26(30)10-12-28(13-11-26)17-20-5-4-14-33-20/h2-9,14-16,30H,10-13,17H2,1H3,(H,27,29). The number of furan rings is 1. The van der Waals surface area contributed by atoms with Crippen molar-refractivity contribution in [3.8, 4) is 5.75 Å². The smallest absolute Gasteiger partial charge is 0.291 e. The van der Waals surface area contributed by atoms with Gasteiger partial charge in [0.05, 0.1) is 18.4 Å². The summed E-state index contributed by atoms with van der Waals surface area (Å²) >= 11 is 1.77. The SMILES string of the molecule is COc1ccccc1NC(=O)c1cc2cc(C3(O)CCN(Cc4cccs4)CC3)ccc2o1. The largest absolute Gasteiger partial charge is 0.495 e. The maximum Gasteiger partial charge on any atom is 0.291 e. The van der Waals surface area contributed by atoms with Crippen LogP contribution in [0.4, 0.5) is 5.69 Å². The zero-order valence-electron chi connectivity index (χ0n) is 18.4. The molecule has 1 saturated heterocycles. The monoisotopic (exact) mass is 462 g/mol. The molecular formula is C26H26N2O4S. The lowest BCUT2D eigenvalue weighted by Crippen LogP contribution is -2.42. The summed E-state index contributed by atoms with van der Waals surface area (Å²) < 4.78 is 11.1. The first-order chi connectivity index (χ1) is 16.0. The van der Waals surface area contributed by atoms with E-state index in [-0.39, 0.29) is 11.7 Å². The summed E-state index contributed by atoms with van der Waals surface area (Å²) in [5.41, 5.74) is 1.18. The Morgan fingerprint density at radius 3 is 2.73 bits per heavy atom. The molecule has 2 aromatic heterocycles. The second-order valence-corrected chi connectivity index (χ2v) is 9.44. The van der Waals surface area contributed by atoms with E-state index in [4.69, 9.17) is 9.15 Å². The Morgan fingerprint density at radius 2 is 1.97 bits per heavy atom. The number of anilines is 1. The minimum Gasteiger partial charge on any atom is -0.495 e. The van der Waals surface area contributed by atoms with Crippen molar-refractivity contribution < 1.29 is 19.1 Å². The Hall–Kier alpha value is -3.13. The van der Waals surface area contributed by atoms with Crippen LogP contribution in [0.2, 0.25) is 0 Å². The van der Waals surface area contributed by atoms with Crippen molar-refractivity contribution >= 4 is 33.9 Å². The number of carbonyl (C=O) groups is 1. The van der Waals surface area contributed by atoms with Crippen LogP contribution in [-0.2, 0) is 12.1 Å². The molecule has 6 nitrogen and oxygen atoms in total. The Balaban J connectivity index is 1.30. The summed E-state index contributed by atoms with van der Waals surface area (Å²) in [6, 6.07) is 18.9. The fraction of sp³-hybridized carbons (Fsp3) is 0.269. The van der Waals surface area contributed by atoms with Gasteiger partial charge in [-0.05, 0) is 60.2 Å². The number of fused-ring (bicyclic) bond motifs is 1. The number of piperidine rings is 1. The number of benzene rings is 2. The number of likely N-dealkylation sites (tertiary alicyclic amines) is 1. The van der Waals surface area contributed by atoms with Crippen LogP contribution < -0.4 is 10.1 Å². The maximum absolute atomic E-state index is 12.8. The molecule has 2 N–H and O–H groups in total. The number of hydrogen-bond donors (Lipinski definition) is 2. The Morgan fingerprint density at radius 1 is 1.15 bits per heavy atom. The van der Waals surface area contributed by atoms with Crippen molar-refractivity contribution in [2.24, 2.45) is 0 Å². The van der Waals surface area contributed by atoms with Crippen LogP contribution in [0.5, 0.6) is 5.75 Å². The fourth-order valence-electron chi connectivity index (χ4n) is 4.37.